The number of rotatable bonds is 4. The third-order valence-corrected chi connectivity index (χ3v) is 9.84. The highest BCUT2D eigenvalue weighted by Crippen LogP contribution is 2.79. The molecule has 0 radical (unpaired) electrons. The highest BCUT2D eigenvalue weighted by molar-refractivity contribution is 7.59. The van der Waals surface area contributed by atoms with Crippen LogP contribution in [-0.2, 0) is 24.6 Å². The second-order valence-corrected chi connectivity index (χ2v) is 11.2. The molecular formula is C15H24O6P2. The number of hydrogen-bond acceptors (Lipinski definition) is 4. The van der Waals surface area contributed by atoms with Crippen LogP contribution >= 0.6 is 15.2 Å². The van der Waals surface area contributed by atoms with Crippen LogP contribution in [0.1, 0.15) is 31.9 Å². The maximum atomic E-state index is 13.2. The lowest BCUT2D eigenvalue weighted by molar-refractivity contribution is 0.102. The van der Waals surface area contributed by atoms with Gasteiger partial charge in [0.05, 0.1) is 5.16 Å². The Labute approximate surface area is 136 Å². The van der Waals surface area contributed by atoms with E-state index in [1.165, 1.54) is 14.0 Å². The van der Waals surface area contributed by atoms with Crippen LogP contribution in [0, 0.1) is 12.8 Å². The first-order chi connectivity index (χ1) is 10.4. The Bertz CT molecular complexity index is 682. The average Bonchev–Trinajstić information content (AvgIpc) is 2.61. The van der Waals surface area contributed by atoms with E-state index in [4.69, 9.17) is 9.05 Å². The third kappa shape index (κ3) is 2.86. The normalized spacial score (nSPS) is 38.0. The summed E-state index contributed by atoms with van der Waals surface area (Å²) >= 11 is 0. The summed E-state index contributed by atoms with van der Waals surface area (Å²) in [5.74, 6) is -0.664. The zero-order valence-electron chi connectivity index (χ0n) is 14.0. The van der Waals surface area contributed by atoms with Crippen LogP contribution in [-0.4, -0.2) is 27.4 Å². The molecule has 1 aromatic rings. The lowest BCUT2D eigenvalue weighted by atomic mass is 9.85. The second-order valence-electron chi connectivity index (χ2n) is 6.61. The molecule has 1 aliphatic heterocycles. The fraction of sp³-hybridized carbons (Fsp3) is 0.600. The quantitative estimate of drug-likeness (QED) is 0.794. The van der Waals surface area contributed by atoms with E-state index in [0.29, 0.717) is 6.42 Å². The van der Waals surface area contributed by atoms with Crippen molar-refractivity contribution in [3.05, 3.63) is 35.4 Å². The molecule has 23 heavy (non-hydrogen) atoms. The minimum atomic E-state index is -4.64. The number of benzene rings is 1. The maximum absolute atomic E-state index is 13.2. The Morgan fingerprint density at radius 1 is 1.30 bits per heavy atom. The van der Waals surface area contributed by atoms with Crippen LogP contribution < -0.4 is 0 Å². The van der Waals surface area contributed by atoms with E-state index in [9.17, 15) is 18.9 Å². The van der Waals surface area contributed by atoms with Crippen LogP contribution in [0.15, 0.2) is 24.3 Å². The van der Waals surface area contributed by atoms with E-state index in [0.717, 1.165) is 11.1 Å². The molecule has 0 aromatic heterocycles. The van der Waals surface area contributed by atoms with E-state index >= 15 is 0 Å². The fourth-order valence-electron chi connectivity index (χ4n) is 3.16. The molecule has 1 saturated heterocycles. The van der Waals surface area contributed by atoms with Crippen LogP contribution in [0.4, 0.5) is 0 Å². The molecule has 1 heterocycles. The molecule has 8 heteroatoms. The van der Waals surface area contributed by atoms with Crippen LogP contribution in [0.3, 0.4) is 0 Å². The van der Waals surface area contributed by atoms with Gasteiger partial charge in [-0.3, -0.25) is 13.7 Å². The number of aryl methyl sites for hydroxylation is 1. The second kappa shape index (κ2) is 5.80. The molecule has 0 bridgehead atoms. The van der Waals surface area contributed by atoms with E-state index in [2.05, 4.69) is 0 Å². The zero-order chi connectivity index (χ0) is 17.7. The monoisotopic (exact) mass is 362 g/mol. The molecule has 6 nitrogen and oxygen atoms in total. The standard InChI is InChI=1S/C15H24O6P2/c1-11-6-8-13(9-7-11)10-14(3)12(2)15(4,22(16,17)18)21-23(14,19)20-5/h6-9,12H,10H2,1-5H3,(H2,16,17,18). The Hall–Kier alpha value is -0.480. The van der Waals surface area contributed by atoms with Crippen molar-refractivity contribution in [1.82, 2.24) is 0 Å². The number of hydrogen-bond donors (Lipinski definition) is 2. The summed E-state index contributed by atoms with van der Waals surface area (Å²) in [5.41, 5.74) is 2.02. The van der Waals surface area contributed by atoms with Gasteiger partial charge in [0.25, 0.3) is 0 Å². The van der Waals surface area contributed by atoms with Crippen molar-refractivity contribution < 1.29 is 28.0 Å². The summed E-state index contributed by atoms with van der Waals surface area (Å²) < 4.78 is 35.7. The molecule has 2 N–H and O–H groups in total. The van der Waals surface area contributed by atoms with Gasteiger partial charge in [0.15, 0.2) is 5.34 Å². The Balaban J connectivity index is 2.51. The third-order valence-electron chi connectivity index (χ3n) is 5.17. The predicted octanol–water partition coefficient (Wildman–Crippen LogP) is 3.70. The molecule has 130 valence electrons. The Morgan fingerprint density at radius 2 is 1.83 bits per heavy atom. The topological polar surface area (TPSA) is 93.1 Å². The zero-order valence-corrected chi connectivity index (χ0v) is 15.8. The van der Waals surface area contributed by atoms with Gasteiger partial charge in [-0.05, 0) is 32.8 Å². The molecule has 0 amide bonds. The summed E-state index contributed by atoms with van der Waals surface area (Å²) in [5, 5.41) is -2.87. The smallest absolute Gasteiger partial charge is 0.322 e. The fourth-order valence-corrected chi connectivity index (χ4v) is 7.24. The maximum Gasteiger partial charge on any atom is 0.357 e. The molecule has 1 fully saturated rings. The SMILES string of the molecule is COP1(=O)OC(C)(P(=O)(O)O)C(C)C1(C)Cc1ccc(C)cc1. The van der Waals surface area contributed by atoms with Gasteiger partial charge in [0, 0.05) is 13.0 Å². The summed E-state index contributed by atoms with van der Waals surface area (Å²) in [6.45, 7) is 6.65. The van der Waals surface area contributed by atoms with Gasteiger partial charge in [-0.1, -0.05) is 36.8 Å². The molecule has 1 aliphatic rings. The van der Waals surface area contributed by atoms with Crippen molar-refractivity contribution in [2.75, 3.05) is 7.11 Å². The van der Waals surface area contributed by atoms with Gasteiger partial charge in [-0.2, -0.15) is 0 Å². The summed E-state index contributed by atoms with van der Waals surface area (Å²) in [6, 6.07) is 7.72. The first-order valence-electron chi connectivity index (χ1n) is 7.37. The van der Waals surface area contributed by atoms with E-state index in [1.807, 2.05) is 31.2 Å². The largest absolute Gasteiger partial charge is 0.357 e. The lowest BCUT2D eigenvalue weighted by Crippen LogP contribution is -2.40. The highest BCUT2D eigenvalue weighted by atomic mass is 31.2. The van der Waals surface area contributed by atoms with Gasteiger partial charge in [-0.25, -0.2) is 0 Å². The van der Waals surface area contributed by atoms with Gasteiger partial charge in [0.1, 0.15) is 0 Å². The molecule has 2 rings (SSSR count). The van der Waals surface area contributed by atoms with Crippen molar-refractivity contribution in [2.24, 2.45) is 5.92 Å². The van der Waals surface area contributed by atoms with Crippen molar-refractivity contribution in [1.29, 1.82) is 0 Å². The molecule has 0 spiro atoms. The van der Waals surface area contributed by atoms with E-state index in [-0.39, 0.29) is 0 Å². The average molecular weight is 362 g/mol. The molecular weight excluding hydrogens is 338 g/mol. The molecule has 0 aliphatic carbocycles. The van der Waals surface area contributed by atoms with E-state index < -0.39 is 31.6 Å². The van der Waals surface area contributed by atoms with Gasteiger partial charge >= 0.3 is 15.2 Å². The summed E-state index contributed by atoms with van der Waals surface area (Å²) in [7, 11) is -7.10. The van der Waals surface area contributed by atoms with Crippen molar-refractivity contribution in [3.63, 3.8) is 0 Å². The Kier molecular flexibility index (Phi) is 4.76. The summed E-state index contributed by atoms with van der Waals surface area (Å²) in [4.78, 5) is 19.4. The minimum Gasteiger partial charge on any atom is -0.322 e. The van der Waals surface area contributed by atoms with Gasteiger partial charge in [0.2, 0.25) is 0 Å². The molecule has 0 saturated carbocycles. The molecule has 1 aromatic carbocycles. The van der Waals surface area contributed by atoms with Gasteiger partial charge in [-0.15, -0.1) is 0 Å². The van der Waals surface area contributed by atoms with Crippen LogP contribution in [0.25, 0.3) is 0 Å². The molecule has 4 atom stereocenters. The Morgan fingerprint density at radius 3 is 2.26 bits per heavy atom. The lowest BCUT2D eigenvalue weighted by Gasteiger charge is -2.34. The summed E-state index contributed by atoms with van der Waals surface area (Å²) in [6.07, 6.45) is 0.342. The highest BCUT2D eigenvalue weighted by Gasteiger charge is 2.70. The van der Waals surface area contributed by atoms with E-state index in [1.54, 1.807) is 13.8 Å². The first-order valence-corrected chi connectivity index (χ1v) is 10.5. The van der Waals surface area contributed by atoms with Crippen molar-refractivity contribution in [3.8, 4) is 0 Å². The minimum absolute atomic E-state index is 0.342. The van der Waals surface area contributed by atoms with Gasteiger partial charge < -0.3 is 14.3 Å². The van der Waals surface area contributed by atoms with Crippen molar-refractivity contribution >= 4 is 15.2 Å². The van der Waals surface area contributed by atoms with Crippen LogP contribution in [0.2, 0.25) is 0 Å². The van der Waals surface area contributed by atoms with Crippen molar-refractivity contribution in [2.45, 2.75) is 44.6 Å². The molecule has 4 unspecified atom stereocenters. The predicted molar refractivity (Wildman–Crippen MR) is 88.6 cm³/mol. The van der Waals surface area contributed by atoms with Crippen LogP contribution in [0.5, 0.6) is 0 Å². The first kappa shape index (κ1) is 18.9.